The predicted molar refractivity (Wildman–Crippen MR) is 98.1 cm³/mol. The molecule has 0 atom stereocenters. The highest BCUT2D eigenvalue weighted by atomic mass is 19.1. The molecule has 2 heterocycles. The van der Waals surface area contributed by atoms with Crippen LogP contribution >= 0.6 is 0 Å². The number of hydrogen-bond acceptors (Lipinski definition) is 4. The molecule has 7 nitrogen and oxygen atoms in total. The Hall–Kier alpha value is -3.29. The average Bonchev–Trinajstić information content (AvgIpc) is 2.73. The lowest BCUT2D eigenvalue weighted by molar-refractivity contribution is -0.126. The molecule has 1 aromatic carbocycles. The van der Waals surface area contributed by atoms with Crippen molar-refractivity contribution in [2.24, 2.45) is 5.92 Å². The Morgan fingerprint density at radius 3 is 2.36 bits per heavy atom. The number of aromatic nitrogens is 1. The van der Waals surface area contributed by atoms with E-state index in [0.29, 0.717) is 38.0 Å². The van der Waals surface area contributed by atoms with Crippen LogP contribution in [0.3, 0.4) is 0 Å². The highest BCUT2D eigenvalue weighted by Crippen LogP contribution is 2.19. The summed E-state index contributed by atoms with van der Waals surface area (Å²) in [4.78, 5) is 41.1. The molecule has 0 radical (unpaired) electrons. The number of hydrogen-bond donors (Lipinski definition) is 2. The summed E-state index contributed by atoms with van der Waals surface area (Å²) in [6.07, 6.45) is 2.34. The topological polar surface area (TPSA) is 99.6 Å². The number of amides is 2. The molecule has 1 aromatic heterocycles. The molecule has 2 amide bonds. The molecule has 1 aliphatic rings. The highest BCUT2D eigenvalue weighted by molar-refractivity contribution is 5.95. The van der Waals surface area contributed by atoms with Gasteiger partial charge in [-0.05, 0) is 42.7 Å². The van der Waals surface area contributed by atoms with Crippen molar-refractivity contribution in [2.45, 2.75) is 19.4 Å². The number of rotatable bonds is 5. The van der Waals surface area contributed by atoms with Gasteiger partial charge >= 0.3 is 5.97 Å². The van der Waals surface area contributed by atoms with E-state index in [9.17, 15) is 18.8 Å². The molecular formula is C20H20FN3O4. The van der Waals surface area contributed by atoms with Crippen LogP contribution in [-0.2, 0) is 11.3 Å². The van der Waals surface area contributed by atoms with Crippen LogP contribution in [-0.4, -0.2) is 45.9 Å². The number of nitrogens with one attached hydrogen (secondary N) is 1. The molecule has 0 bridgehead atoms. The Bertz CT molecular complexity index is 860. The average molecular weight is 385 g/mol. The van der Waals surface area contributed by atoms with Crippen LogP contribution in [0.1, 0.15) is 39.3 Å². The number of piperidine rings is 1. The van der Waals surface area contributed by atoms with E-state index in [2.05, 4.69) is 10.3 Å². The largest absolute Gasteiger partial charge is 0.477 e. The van der Waals surface area contributed by atoms with Gasteiger partial charge in [-0.1, -0.05) is 12.1 Å². The maximum absolute atomic E-state index is 12.9. The van der Waals surface area contributed by atoms with Gasteiger partial charge in [0, 0.05) is 31.7 Å². The number of halogens is 1. The number of carboxylic acids is 1. The van der Waals surface area contributed by atoms with Gasteiger partial charge in [-0.15, -0.1) is 0 Å². The van der Waals surface area contributed by atoms with Crippen LogP contribution < -0.4 is 5.32 Å². The Kier molecular flexibility index (Phi) is 5.98. The van der Waals surface area contributed by atoms with Gasteiger partial charge in [0.2, 0.25) is 5.91 Å². The van der Waals surface area contributed by atoms with E-state index in [-0.39, 0.29) is 29.2 Å². The monoisotopic (exact) mass is 385 g/mol. The SMILES string of the molecule is O=C(O)c1ccc(C(=O)N2CCC(C(=O)NCc3ccc(F)cc3)CC2)cn1. The third-order valence-electron chi connectivity index (χ3n) is 4.76. The Morgan fingerprint density at radius 1 is 1.11 bits per heavy atom. The van der Waals surface area contributed by atoms with Gasteiger partial charge in [-0.25, -0.2) is 14.2 Å². The van der Waals surface area contributed by atoms with Crippen LogP contribution in [0.2, 0.25) is 0 Å². The molecule has 1 fully saturated rings. The van der Waals surface area contributed by atoms with Crippen molar-refractivity contribution in [2.75, 3.05) is 13.1 Å². The second-order valence-electron chi connectivity index (χ2n) is 6.65. The van der Waals surface area contributed by atoms with E-state index in [4.69, 9.17) is 5.11 Å². The Balaban J connectivity index is 1.49. The van der Waals surface area contributed by atoms with E-state index in [1.54, 1.807) is 17.0 Å². The van der Waals surface area contributed by atoms with Crippen LogP contribution in [0.5, 0.6) is 0 Å². The summed E-state index contributed by atoms with van der Waals surface area (Å²) in [5.41, 5.74) is 1.02. The molecule has 28 heavy (non-hydrogen) atoms. The lowest BCUT2D eigenvalue weighted by atomic mass is 9.95. The lowest BCUT2D eigenvalue weighted by Crippen LogP contribution is -2.43. The van der Waals surface area contributed by atoms with Crippen LogP contribution in [0.4, 0.5) is 4.39 Å². The van der Waals surface area contributed by atoms with Crippen molar-refractivity contribution in [3.8, 4) is 0 Å². The van der Waals surface area contributed by atoms with Crippen molar-refractivity contribution >= 4 is 17.8 Å². The molecule has 8 heteroatoms. The zero-order chi connectivity index (χ0) is 20.1. The second kappa shape index (κ2) is 8.60. The summed E-state index contributed by atoms with van der Waals surface area (Å²) in [7, 11) is 0. The maximum Gasteiger partial charge on any atom is 0.354 e. The van der Waals surface area contributed by atoms with Crippen molar-refractivity contribution in [3.63, 3.8) is 0 Å². The van der Waals surface area contributed by atoms with Crippen LogP contribution in [0.25, 0.3) is 0 Å². The summed E-state index contributed by atoms with van der Waals surface area (Å²) >= 11 is 0. The summed E-state index contributed by atoms with van der Waals surface area (Å²) < 4.78 is 12.9. The van der Waals surface area contributed by atoms with E-state index < -0.39 is 5.97 Å². The summed E-state index contributed by atoms with van der Waals surface area (Å²) in [5.74, 6) is -1.96. The summed E-state index contributed by atoms with van der Waals surface area (Å²) in [6.45, 7) is 1.21. The number of benzene rings is 1. The smallest absolute Gasteiger partial charge is 0.354 e. The first-order valence-electron chi connectivity index (χ1n) is 8.95. The number of carbonyl (C=O) groups excluding carboxylic acids is 2. The fraction of sp³-hybridized carbons (Fsp3) is 0.300. The van der Waals surface area contributed by atoms with Crippen molar-refractivity contribution in [3.05, 3.63) is 65.2 Å². The van der Waals surface area contributed by atoms with Crippen molar-refractivity contribution in [1.82, 2.24) is 15.2 Å². The lowest BCUT2D eigenvalue weighted by Gasteiger charge is -2.31. The van der Waals surface area contributed by atoms with E-state index in [1.165, 1.54) is 30.5 Å². The third-order valence-corrected chi connectivity index (χ3v) is 4.76. The second-order valence-corrected chi connectivity index (χ2v) is 6.65. The summed E-state index contributed by atoms with van der Waals surface area (Å²) in [5, 5.41) is 11.7. The molecule has 0 saturated carbocycles. The molecule has 2 aromatic rings. The van der Waals surface area contributed by atoms with Crippen molar-refractivity contribution < 1.29 is 23.9 Å². The number of aromatic carboxylic acids is 1. The molecule has 1 aliphatic heterocycles. The van der Waals surface area contributed by atoms with Gasteiger partial charge in [-0.3, -0.25) is 9.59 Å². The number of carbonyl (C=O) groups is 3. The fourth-order valence-corrected chi connectivity index (χ4v) is 3.11. The Labute approximate surface area is 161 Å². The van der Waals surface area contributed by atoms with Crippen LogP contribution in [0.15, 0.2) is 42.6 Å². The zero-order valence-electron chi connectivity index (χ0n) is 15.1. The van der Waals surface area contributed by atoms with Gasteiger partial charge in [0.15, 0.2) is 0 Å². The van der Waals surface area contributed by atoms with Gasteiger partial charge in [0.05, 0.1) is 5.56 Å². The van der Waals surface area contributed by atoms with Gasteiger partial charge in [-0.2, -0.15) is 0 Å². The van der Waals surface area contributed by atoms with Crippen molar-refractivity contribution in [1.29, 1.82) is 0 Å². The minimum Gasteiger partial charge on any atom is -0.477 e. The predicted octanol–water partition coefficient (Wildman–Crippen LogP) is 2.09. The number of carboxylic acid groups (broad SMARTS) is 1. The third kappa shape index (κ3) is 4.70. The first-order chi connectivity index (χ1) is 13.4. The van der Waals surface area contributed by atoms with Gasteiger partial charge < -0.3 is 15.3 Å². The van der Waals surface area contributed by atoms with Gasteiger partial charge in [0.25, 0.3) is 5.91 Å². The highest BCUT2D eigenvalue weighted by Gasteiger charge is 2.28. The number of nitrogens with zero attached hydrogens (tertiary/aromatic N) is 2. The molecule has 0 spiro atoms. The normalized spacial score (nSPS) is 14.5. The first kappa shape index (κ1) is 19.5. The zero-order valence-corrected chi connectivity index (χ0v) is 15.1. The molecule has 3 rings (SSSR count). The van der Waals surface area contributed by atoms with Gasteiger partial charge in [0.1, 0.15) is 11.5 Å². The molecule has 146 valence electrons. The Morgan fingerprint density at radius 2 is 1.79 bits per heavy atom. The number of pyridine rings is 1. The minimum atomic E-state index is -1.15. The maximum atomic E-state index is 12.9. The fourth-order valence-electron chi connectivity index (χ4n) is 3.11. The quantitative estimate of drug-likeness (QED) is 0.821. The molecule has 0 aliphatic carbocycles. The summed E-state index contributed by atoms with van der Waals surface area (Å²) in [6, 6.07) is 8.69. The molecule has 1 saturated heterocycles. The molecule has 2 N–H and O–H groups in total. The molecule has 0 unspecified atom stereocenters. The number of likely N-dealkylation sites (tertiary alicyclic amines) is 1. The minimum absolute atomic E-state index is 0.0797. The van der Waals surface area contributed by atoms with Crippen LogP contribution in [0, 0.1) is 11.7 Å². The van der Waals surface area contributed by atoms with E-state index in [1.807, 2.05) is 0 Å². The van der Waals surface area contributed by atoms with E-state index >= 15 is 0 Å². The van der Waals surface area contributed by atoms with E-state index in [0.717, 1.165) is 5.56 Å². The standard InChI is InChI=1S/C20H20FN3O4/c21-16-4-1-13(2-5-16)11-23-18(25)14-7-9-24(10-8-14)19(26)15-3-6-17(20(27)28)22-12-15/h1-6,12,14H,7-11H2,(H,23,25)(H,27,28). The molecular weight excluding hydrogens is 365 g/mol. The first-order valence-corrected chi connectivity index (χ1v) is 8.95.